The molecule has 1 aliphatic rings. The second-order valence-corrected chi connectivity index (χ2v) is 5.49. The van der Waals surface area contributed by atoms with Crippen molar-refractivity contribution in [2.75, 3.05) is 5.73 Å². The van der Waals surface area contributed by atoms with Crippen LogP contribution in [0.2, 0.25) is 0 Å². The summed E-state index contributed by atoms with van der Waals surface area (Å²) in [7, 11) is 0. The summed E-state index contributed by atoms with van der Waals surface area (Å²) in [6, 6.07) is 16.2. The molecule has 0 spiro atoms. The van der Waals surface area contributed by atoms with E-state index in [2.05, 4.69) is 28.3 Å². The predicted octanol–water partition coefficient (Wildman–Crippen LogP) is 2.33. The smallest absolute Gasteiger partial charge is 0.138 e. The Labute approximate surface area is 128 Å². The molecule has 2 aromatic carbocycles. The van der Waals surface area contributed by atoms with Gasteiger partial charge in [0, 0.05) is 5.69 Å². The van der Waals surface area contributed by atoms with E-state index in [1.54, 1.807) is 11.0 Å². The molecule has 2 heterocycles. The van der Waals surface area contributed by atoms with E-state index in [-0.39, 0.29) is 0 Å². The van der Waals surface area contributed by atoms with Gasteiger partial charge in [-0.3, -0.25) is 0 Å². The van der Waals surface area contributed by atoms with Gasteiger partial charge in [-0.2, -0.15) is 5.10 Å². The lowest BCUT2D eigenvalue weighted by Gasteiger charge is -2.30. The number of rotatable bonds is 3. The third-order valence-corrected chi connectivity index (χ3v) is 4.13. The number of nitrogen functional groups attached to an aromatic ring is 1. The lowest BCUT2D eigenvalue weighted by molar-refractivity contribution is -0.0204. The standard InChI is InChI=1S/C17H16N4O/c18-15-6-7-16-13(8-15)9-22-17(16,10-21-12-19-11-20-21)14-4-2-1-3-5-14/h1-8,11-12H,9-10,18H2. The molecule has 0 amide bonds. The van der Waals surface area contributed by atoms with Crippen molar-refractivity contribution >= 4 is 5.69 Å². The van der Waals surface area contributed by atoms with Crippen LogP contribution in [0.15, 0.2) is 61.2 Å². The van der Waals surface area contributed by atoms with Crippen LogP contribution in [0.4, 0.5) is 5.69 Å². The molecule has 22 heavy (non-hydrogen) atoms. The van der Waals surface area contributed by atoms with Crippen molar-refractivity contribution in [2.24, 2.45) is 0 Å². The van der Waals surface area contributed by atoms with Gasteiger partial charge >= 0.3 is 0 Å². The molecule has 0 bridgehead atoms. The van der Waals surface area contributed by atoms with Gasteiger partial charge in [0.1, 0.15) is 18.3 Å². The Morgan fingerprint density at radius 3 is 2.82 bits per heavy atom. The monoisotopic (exact) mass is 292 g/mol. The Balaban J connectivity index is 1.88. The van der Waals surface area contributed by atoms with E-state index in [0.29, 0.717) is 13.2 Å². The zero-order chi connectivity index (χ0) is 15.0. The number of hydrogen-bond acceptors (Lipinski definition) is 4. The van der Waals surface area contributed by atoms with Crippen LogP contribution < -0.4 is 5.73 Å². The fourth-order valence-electron chi connectivity index (χ4n) is 3.12. The minimum atomic E-state index is -0.558. The molecule has 3 aromatic rings. The topological polar surface area (TPSA) is 66.0 Å². The van der Waals surface area contributed by atoms with Crippen molar-refractivity contribution in [3.63, 3.8) is 0 Å². The maximum atomic E-state index is 6.28. The average molecular weight is 292 g/mol. The van der Waals surface area contributed by atoms with Gasteiger partial charge < -0.3 is 10.5 Å². The van der Waals surface area contributed by atoms with Crippen LogP contribution in [0.25, 0.3) is 0 Å². The number of benzene rings is 2. The molecule has 0 fully saturated rings. The fraction of sp³-hybridized carbons (Fsp3) is 0.176. The number of anilines is 1. The van der Waals surface area contributed by atoms with Crippen molar-refractivity contribution in [3.8, 4) is 0 Å². The molecular formula is C17H16N4O. The summed E-state index contributed by atoms with van der Waals surface area (Å²) >= 11 is 0. The fourth-order valence-corrected chi connectivity index (χ4v) is 3.12. The highest BCUT2D eigenvalue weighted by molar-refractivity contribution is 5.51. The largest absolute Gasteiger partial charge is 0.399 e. The highest BCUT2D eigenvalue weighted by Crippen LogP contribution is 2.43. The molecule has 110 valence electrons. The molecule has 5 nitrogen and oxygen atoms in total. The quantitative estimate of drug-likeness (QED) is 0.752. The molecule has 0 aliphatic carbocycles. The van der Waals surface area contributed by atoms with E-state index in [4.69, 9.17) is 10.5 Å². The van der Waals surface area contributed by atoms with Crippen molar-refractivity contribution < 1.29 is 4.74 Å². The van der Waals surface area contributed by atoms with Crippen LogP contribution in [0.5, 0.6) is 0 Å². The summed E-state index contributed by atoms with van der Waals surface area (Å²) in [5, 5.41) is 4.24. The molecule has 0 saturated heterocycles. The molecular weight excluding hydrogens is 276 g/mol. The maximum absolute atomic E-state index is 6.28. The van der Waals surface area contributed by atoms with E-state index in [1.807, 2.05) is 30.3 Å². The van der Waals surface area contributed by atoms with Gasteiger partial charge in [-0.25, -0.2) is 9.67 Å². The normalized spacial score (nSPS) is 20.0. The van der Waals surface area contributed by atoms with E-state index >= 15 is 0 Å². The van der Waals surface area contributed by atoms with Gasteiger partial charge in [0.2, 0.25) is 0 Å². The SMILES string of the molecule is Nc1ccc2c(c1)COC2(Cn1cncn1)c1ccccc1. The van der Waals surface area contributed by atoms with Crippen LogP contribution in [-0.2, 0) is 23.5 Å². The van der Waals surface area contributed by atoms with Crippen LogP contribution in [-0.4, -0.2) is 14.8 Å². The molecule has 5 heteroatoms. The first-order valence-electron chi connectivity index (χ1n) is 7.19. The van der Waals surface area contributed by atoms with Crippen LogP contribution >= 0.6 is 0 Å². The number of hydrogen-bond donors (Lipinski definition) is 1. The summed E-state index contributed by atoms with van der Waals surface area (Å²) in [6.07, 6.45) is 3.25. The Hall–Kier alpha value is -2.66. The lowest BCUT2D eigenvalue weighted by Crippen LogP contribution is -2.32. The molecule has 1 unspecified atom stereocenters. The molecule has 1 aromatic heterocycles. The molecule has 1 atom stereocenters. The first-order chi connectivity index (χ1) is 10.8. The Morgan fingerprint density at radius 2 is 2.05 bits per heavy atom. The van der Waals surface area contributed by atoms with Crippen molar-refractivity contribution in [2.45, 2.75) is 18.8 Å². The summed E-state index contributed by atoms with van der Waals surface area (Å²) in [6.45, 7) is 1.12. The van der Waals surface area contributed by atoms with Gasteiger partial charge in [-0.05, 0) is 28.8 Å². The van der Waals surface area contributed by atoms with Crippen LogP contribution in [0.3, 0.4) is 0 Å². The summed E-state index contributed by atoms with van der Waals surface area (Å²) in [5.74, 6) is 0. The Morgan fingerprint density at radius 1 is 1.18 bits per heavy atom. The average Bonchev–Trinajstić information content (AvgIpc) is 3.17. The van der Waals surface area contributed by atoms with E-state index in [0.717, 1.165) is 22.4 Å². The van der Waals surface area contributed by atoms with Crippen LogP contribution in [0.1, 0.15) is 16.7 Å². The minimum Gasteiger partial charge on any atom is -0.399 e. The van der Waals surface area contributed by atoms with E-state index in [9.17, 15) is 0 Å². The predicted molar refractivity (Wildman–Crippen MR) is 82.9 cm³/mol. The summed E-state index contributed by atoms with van der Waals surface area (Å²) in [4.78, 5) is 4.04. The summed E-state index contributed by atoms with van der Waals surface area (Å²) in [5.41, 5.74) is 9.49. The Kier molecular flexibility index (Phi) is 2.94. The second-order valence-electron chi connectivity index (χ2n) is 5.49. The van der Waals surface area contributed by atoms with Crippen molar-refractivity contribution in [3.05, 3.63) is 77.9 Å². The Bertz CT molecular complexity index is 786. The molecule has 1 aliphatic heterocycles. The zero-order valence-electron chi connectivity index (χ0n) is 12.0. The van der Waals surface area contributed by atoms with Gasteiger partial charge in [-0.15, -0.1) is 0 Å². The van der Waals surface area contributed by atoms with E-state index < -0.39 is 5.60 Å². The second kappa shape index (κ2) is 4.96. The van der Waals surface area contributed by atoms with Gasteiger partial charge in [0.15, 0.2) is 0 Å². The number of aromatic nitrogens is 3. The number of nitrogens with two attached hydrogens (primary N) is 1. The zero-order valence-corrected chi connectivity index (χ0v) is 12.0. The highest BCUT2D eigenvalue weighted by atomic mass is 16.5. The van der Waals surface area contributed by atoms with E-state index in [1.165, 1.54) is 6.33 Å². The first-order valence-corrected chi connectivity index (χ1v) is 7.19. The maximum Gasteiger partial charge on any atom is 0.138 e. The summed E-state index contributed by atoms with van der Waals surface area (Å²) < 4.78 is 8.09. The highest BCUT2D eigenvalue weighted by Gasteiger charge is 2.42. The van der Waals surface area contributed by atoms with Gasteiger partial charge in [-0.1, -0.05) is 36.4 Å². The number of nitrogens with zero attached hydrogens (tertiary/aromatic N) is 3. The van der Waals surface area contributed by atoms with Crippen molar-refractivity contribution in [1.29, 1.82) is 0 Å². The lowest BCUT2D eigenvalue weighted by atomic mass is 9.85. The van der Waals surface area contributed by atoms with Gasteiger partial charge in [0.05, 0.1) is 13.2 Å². The third kappa shape index (κ3) is 1.98. The molecule has 4 rings (SSSR count). The molecule has 2 N–H and O–H groups in total. The first kappa shape index (κ1) is 13.0. The van der Waals surface area contributed by atoms with Crippen molar-refractivity contribution in [1.82, 2.24) is 14.8 Å². The molecule has 0 saturated carbocycles. The third-order valence-electron chi connectivity index (χ3n) is 4.13. The molecule has 0 radical (unpaired) electrons. The van der Waals surface area contributed by atoms with Crippen LogP contribution in [0, 0.1) is 0 Å². The van der Waals surface area contributed by atoms with Gasteiger partial charge in [0.25, 0.3) is 0 Å². The number of ether oxygens (including phenoxy) is 1. The minimum absolute atomic E-state index is 0.546. The number of fused-ring (bicyclic) bond motifs is 1.